The average molecular weight is 637 g/mol. The van der Waals surface area contributed by atoms with E-state index in [0.717, 1.165) is 57.8 Å². The molecule has 5 rings (SSSR count). The first-order valence-electron chi connectivity index (χ1n) is 17.5. The Hall–Kier alpha value is -1.07. The van der Waals surface area contributed by atoms with Gasteiger partial charge in [-0.3, -0.25) is 4.79 Å². The largest absolute Gasteiger partial charge is 0.464 e. The fraction of sp³-hybridized carbons (Fsp3) is 0.917. The van der Waals surface area contributed by atoms with Crippen molar-refractivity contribution in [1.82, 2.24) is 0 Å². The van der Waals surface area contributed by atoms with Crippen LogP contribution in [0.25, 0.3) is 0 Å². The molecule has 0 aromatic carbocycles. The molecule has 9 nitrogen and oxygen atoms in total. The van der Waals surface area contributed by atoms with E-state index in [0.29, 0.717) is 25.2 Å². The fourth-order valence-electron chi connectivity index (χ4n) is 11.0. The zero-order valence-corrected chi connectivity index (χ0v) is 28.6. The second-order valence-corrected chi connectivity index (χ2v) is 17.0. The van der Waals surface area contributed by atoms with Crippen molar-refractivity contribution in [1.29, 1.82) is 0 Å². The maximum Gasteiger partial charge on any atom is 0.293 e. The van der Waals surface area contributed by atoms with Crippen LogP contribution in [0.4, 0.5) is 0 Å². The van der Waals surface area contributed by atoms with Gasteiger partial charge in [-0.05, 0) is 112 Å². The van der Waals surface area contributed by atoms with Crippen LogP contribution in [0.3, 0.4) is 0 Å². The molecule has 0 aromatic rings. The van der Waals surface area contributed by atoms with Gasteiger partial charge in [-0.25, -0.2) is 0 Å². The summed E-state index contributed by atoms with van der Waals surface area (Å²) in [6.45, 7) is 15.8. The standard InChI is InChI=1S/C36H60O9/c1-32(2,45-31-30(42)29(41)28(40)25(19-37)44-31)15-8-9-24(43-20-38)23-13-18-35(6)22-10-11-26-33(3,4)27(39)14-16-34(26,5)21(22)12-17-36(23,35)7/h20,23-31,37,39-42H,8-19H2,1-7H3/t23-,24-,25?,26?,27+,28?,29?,30?,31?,34-,35+,36-/m1/s1. The molecule has 5 N–H and O–H groups in total. The number of aliphatic hydroxyl groups excluding tert-OH is 5. The zero-order chi connectivity index (χ0) is 33.2. The number of hydrogen-bond acceptors (Lipinski definition) is 9. The zero-order valence-electron chi connectivity index (χ0n) is 28.6. The Kier molecular flexibility index (Phi) is 9.73. The highest BCUT2D eigenvalue weighted by atomic mass is 16.7. The minimum Gasteiger partial charge on any atom is -0.464 e. The Morgan fingerprint density at radius 1 is 0.933 bits per heavy atom. The summed E-state index contributed by atoms with van der Waals surface area (Å²) < 4.78 is 17.5. The predicted molar refractivity (Wildman–Crippen MR) is 169 cm³/mol. The van der Waals surface area contributed by atoms with Gasteiger partial charge in [0.15, 0.2) is 6.29 Å². The Labute approximate surface area is 269 Å². The van der Waals surface area contributed by atoms with Crippen LogP contribution < -0.4 is 0 Å². The molecule has 9 heteroatoms. The number of carbonyl (C=O) groups is 1. The van der Waals surface area contributed by atoms with Crippen LogP contribution >= 0.6 is 0 Å². The topological polar surface area (TPSA) is 146 Å². The summed E-state index contributed by atoms with van der Waals surface area (Å²) in [5.41, 5.74) is 2.68. The van der Waals surface area contributed by atoms with E-state index < -0.39 is 42.9 Å². The lowest BCUT2D eigenvalue weighted by atomic mass is 9.43. The van der Waals surface area contributed by atoms with Gasteiger partial charge < -0.3 is 39.7 Å². The third-order valence-corrected chi connectivity index (χ3v) is 14.0. The number of fused-ring (bicyclic) bond motifs is 4. The molecule has 12 atom stereocenters. The molecule has 6 unspecified atom stereocenters. The quantitative estimate of drug-likeness (QED) is 0.174. The average Bonchev–Trinajstić information content (AvgIpc) is 3.26. The van der Waals surface area contributed by atoms with Gasteiger partial charge in [-0.1, -0.05) is 45.8 Å². The number of hydrogen-bond donors (Lipinski definition) is 5. The lowest BCUT2D eigenvalue weighted by Crippen LogP contribution is -2.60. The van der Waals surface area contributed by atoms with E-state index in [-0.39, 0.29) is 39.8 Å². The van der Waals surface area contributed by atoms with E-state index in [2.05, 4.69) is 34.6 Å². The van der Waals surface area contributed by atoms with Crippen molar-refractivity contribution in [2.75, 3.05) is 6.61 Å². The molecule has 1 aliphatic heterocycles. The van der Waals surface area contributed by atoms with E-state index in [1.54, 1.807) is 11.1 Å². The molecule has 4 aliphatic carbocycles. The second kappa shape index (κ2) is 12.4. The third kappa shape index (κ3) is 5.74. The molecular formula is C36H60O9. The SMILES string of the molecule is CC(C)(CCC[C@@H](OC=O)[C@H]1CC[C@@]2(C)C3=C(CC[C@]12C)[C@@]1(C)CC[C@H](O)C(C)(C)C1CC3)OC1OC(CO)C(O)C(O)C1O. The first kappa shape index (κ1) is 35.2. The molecule has 3 fully saturated rings. The van der Waals surface area contributed by atoms with E-state index in [1.165, 1.54) is 0 Å². The molecule has 0 aromatic heterocycles. The minimum atomic E-state index is -1.49. The molecule has 258 valence electrons. The summed E-state index contributed by atoms with van der Waals surface area (Å²) in [7, 11) is 0. The van der Waals surface area contributed by atoms with Gasteiger partial charge in [-0.15, -0.1) is 0 Å². The van der Waals surface area contributed by atoms with Gasteiger partial charge in [0, 0.05) is 5.92 Å². The van der Waals surface area contributed by atoms with E-state index in [1.807, 2.05) is 13.8 Å². The number of ether oxygens (including phenoxy) is 3. The first-order chi connectivity index (χ1) is 21.0. The molecule has 45 heavy (non-hydrogen) atoms. The minimum absolute atomic E-state index is 0.00868. The molecule has 0 bridgehead atoms. The molecule has 2 saturated carbocycles. The van der Waals surface area contributed by atoms with Crippen LogP contribution in [0.1, 0.15) is 119 Å². The van der Waals surface area contributed by atoms with Crippen LogP contribution in [0, 0.1) is 33.5 Å². The molecular weight excluding hydrogens is 576 g/mol. The highest BCUT2D eigenvalue weighted by molar-refractivity contribution is 5.40. The van der Waals surface area contributed by atoms with Crippen LogP contribution in [-0.4, -0.2) is 87.1 Å². The number of allylic oxidation sites excluding steroid dienone is 2. The van der Waals surface area contributed by atoms with Crippen molar-refractivity contribution in [2.24, 2.45) is 33.5 Å². The van der Waals surface area contributed by atoms with Gasteiger partial charge in [0.2, 0.25) is 0 Å². The third-order valence-electron chi connectivity index (χ3n) is 14.0. The smallest absolute Gasteiger partial charge is 0.293 e. The Morgan fingerprint density at radius 2 is 1.64 bits per heavy atom. The summed E-state index contributed by atoms with van der Waals surface area (Å²) in [4.78, 5) is 11.8. The normalized spacial score (nSPS) is 45.3. The Balaban J connectivity index is 1.28. The summed E-state index contributed by atoms with van der Waals surface area (Å²) in [6, 6.07) is 0. The van der Waals surface area contributed by atoms with Gasteiger partial charge in [-0.2, -0.15) is 0 Å². The molecule has 0 radical (unpaired) electrons. The van der Waals surface area contributed by atoms with Crippen LogP contribution in [0.2, 0.25) is 0 Å². The van der Waals surface area contributed by atoms with E-state index in [4.69, 9.17) is 14.2 Å². The van der Waals surface area contributed by atoms with Crippen molar-refractivity contribution in [2.45, 2.75) is 168 Å². The monoisotopic (exact) mass is 636 g/mol. The fourth-order valence-corrected chi connectivity index (χ4v) is 11.0. The highest BCUT2D eigenvalue weighted by Gasteiger charge is 2.64. The Morgan fingerprint density at radius 3 is 2.31 bits per heavy atom. The van der Waals surface area contributed by atoms with Crippen LogP contribution in [0.5, 0.6) is 0 Å². The molecule has 1 saturated heterocycles. The summed E-state index contributed by atoms with van der Waals surface area (Å²) >= 11 is 0. The van der Waals surface area contributed by atoms with Crippen LogP contribution in [0.15, 0.2) is 11.1 Å². The summed E-state index contributed by atoms with van der Waals surface area (Å²) in [5.74, 6) is 0.726. The number of carbonyl (C=O) groups excluding carboxylic acids is 1. The van der Waals surface area contributed by atoms with Crippen molar-refractivity contribution in [3.8, 4) is 0 Å². The van der Waals surface area contributed by atoms with Crippen molar-refractivity contribution in [3.63, 3.8) is 0 Å². The summed E-state index contributed by atoms with van der Waals surface area (Å²) in [5, 5.41) is 51.2. The van der Waals surface area contributed by atoms with Crippen molar-refractivity contribution < 1.29 is 44.5 Å². The lowest BCUT2D eigenvalue weighted by Gasteiger charge is -2.62. The number of rotatable bonds is 10. The maximum absolute atomic E-state index is 11.8. The number of aliphatic hydroxyl groups is 5. The molecule has 0 amide bonds. The van der Waals surface area contributed by atoms with E-state index in [9.17, 15) is 30.3 Å². The van der Waals surface area contributed by atoms with Crippen molar-refractivity contribution in [3.05, 3.63) is 11.1 Å². The first-order valence-corrected chi connectivity index (χ1v) is 17.5. The van der Waals surface area contributed by atoms with Crippen LogP contribution in [-0.2, 0) is 19.0 Å². The molecule has 5 aliphatic rings. The van der Waals surface area contributed by atoms with Gasteiger partial charge in [0.25, 0.3) is 6.47 Å². The predicted octanol–water partition coefficient (Wildman–Crippen LogP) is 4.40. The van der Waals surface area contributed by atoms with E-state index >= 15 is 0 Å². The van der Waals surface area contributed by atoms with Gasteiger partial charge in [0.05, 0.1) is 18.3 Å². The maximum atomic E-state index is 11.8. The van der Waals surface area contributed by atoms with Gasteiger partial charge >= 0.3 is 0 Å². The molecule has 0 spiro atoms. The molecule has 1 heterocycles. The highest BCUT2D eigenvalue weighted by Crippen LogP contribution is 2.72. The second-order valence-electron chi connectivity index (χ2n) is 17.0. The van der Waals surface area contributed by atoms with Gasteiger partial charge in [0.1, 0.15) is 30.5 Å². The summed E-state index contributed by atoms with van der Waals surface area (Å²) in [6.07, 6.45) is 3.34. The Bertz CT molecular complexity index is 1120. The lowest BCUT2D eigenvalue weighted by molar-refractivity contribution is -0.323. The van der Waals surface area contributed by atoms with Crippen molar-refractivity contribution >= 4 is 6.47 Å².